The molecule has 0 saturated carbocycles. The molecule has 0 rings (SSSR count). The molecule has 0 saturated heterocycles. The summed E-state index contributed by atoms with van der Waals surface area (Å²) in [6, 6.07) is -0.790. The average molecular weight is 610 g/mol. The Balaban J connectivity index is 3.70. The standard InChI is InChI=1S/C38H75NO4/c1-3-5-7-9-11-13-15-17-18-19-21-23-25-27-29-31-33-37(42)38(43)39-35(34-40)36(41)32-30-28-26-24-22-20-16-14-12-10-8-6-4-2/h30,32,35-37,40-42H,3-29,31,33-34H2,1-2H3,(H,39,43)/b32-30+. The molecule has 3 unspecified atom stereocenters. The number of carbonyl (C=O) groups excluding carboxylic acids is 1. The van der Waals surface area contributed by atoms with E-state index < -0.39 is 24.2 Å². The molecule has 5 heteroatoms. The number of aliphatic hydroxyl groups excluding tert-OH is 3. The Labute approximate surface area is 268 Å². The van der Waals surface area contributed by atoms with Crippen LogP contribution in [0.25, 0.3) is 0 Å². The van der Waals surface area contributed by atoms with Gasteiger partial charge in [-0.3, -0.25) is 4.79 Å². The van der Waals surface area contributed by atoms with E-state index >= 15 is 0 Å². The minimum atomic E-state index is -1.09. The van der Waals surface area contributed by atoms with Crippen molar-refractivity contribution >= 4 is 5.91 Å². The normalized spacial score (nSPS) is 13.9. The zero-order valence-corrected chi connectivity index (χ0v) is 28.8. The molecule has 5 nitrogen and oxygen atoms in total. The fourth-order valence-corrected chi connectivity index (χ4v) is 5.83. The van der Waals surface area contributed by atoms with Crippen LogP contribution in [-0.2, 0) is 4.79 Å². The molecular formula is C38H75NO4. The second-order valence-electron chi connectivity index (χ2n) is 13.1. The van der Waals surface area contributed by atoms with E-state index in [1.807, 2.05) is 6.08 Å². The molecule has 1 amide bonds. The maximum absolute atomic E-state index is 12.4. The summed E-state index contributed by atoms with van der Waals surface area (Å²) in [6.07, 6.45) is 37.9. The lowest BCUT2D eigenvalue weighted by atomic mass is 10.0. The van der Waals surface area contributed by atoms with Crippen molar-refractivity contribution in [3.63, 3.8) is 0 Å². The highest BCUT2D eigenvalue weighted by atomic mass is 16.3. The Bertz CT molecular complexity index is 596. The van der Waals surface area contributed by atoms with E-state index in [0.717, 1.165) is 32.1 Å². The number of allylic oxidation sites excluding steroid dienone is 1. The number of rotatable bonds is 34. The molecule has 0 aliphatic heterocycles. The first-order valence-corrected chi connectivity index (χ1v) is 19.0. The molecule has 0 radical (unpaired) electrons. The summed E-state index contributed by atoms with van der Waals surface area (Å²) in [6.45, 7) is 4.17. The molecule has 0 aliphatic carbocycles. The van der Waals surface area contributed by atoms with Crippen LogP contribution < -0.4 is 5.32 Å². The number of unbranched alkanes of at least 4 members (excludes halogenated alkanes) is 26. The summed E-state index contributed by atoms with van der Waals surface area (Å²) < 4.78 is 0. The largest absolute Gasteiger partial charge is 0.394 e. The first kappa shape index (κ1) is 42.1. The van der Waals surface area contributed by atoms with Crippen LogP contribution in [0.3, 0.4) is 0 Å². The van der Waals surface area contributed by atoms with Gasteiger partial charge in [0, 0.05) is 0 Å². The van der Waals surface area contributed by atoms with Crippen LogP contribution in [0.2, 0.25) is 0 Å². The van der Waals surface area contributed by atoms with Crippen LogP contribution in [0.15, 0.2) is 12.2 Å². The van der Waals surface area contributed by atoms with E-state index in [4.69, 9.17) is 0 Å². The quantitative estimate of drug-likeness (QED) is 0.0432. The predicted molar refractivity (Wildman–Crippen MR) is 185 cm³/mol. The molecule has 4 N–H and O–H groups in total. The Morgan fingerprint density at radius 1 is 0.558 bits per heavy atom. The third kappa shape index (κ3) is 29.6. The highest BCUT2D eigenvalue weighted by Crippen LogP contribution is 2.15. The molecule has 256 valence electrons. The fourth-order valence-electron chi connectivity index (χ4n) is 5.83. The van der Waals surface area contributed by atoms with Crippen LogP contribution in [0.4, 0.5) is 0 Å². The topological polar surface area (TPSA) is 89.8 Å². The molecular weight excluding hydrogens is 534 g/mol. The second-order valence-corrected chi connectivity index (χ2v) is 13.1. The van der Waals surface area contributed by atoms with Crippen molar-refractivity contribution < 1.29 is 20.1 Å². The number of amides is 1. The van der Waals surface area contributed by atoms with E-state index in [1.165, 1.54) is 148 Å². The van der Waals surface area contributed by atoms with E-state index in [-0.39, 0.29) is 6.61 Å². The summed E-state index contributed by atoms with van der Waals surface area (Å²) in [5, 5.41) is 33.0. The van der Waals surface area contributed by atoms with Crippen LogP contribution in [0.5, 0.6) is 0 Å². The summed E-state index contributed by atoms with van der Waals surface area (Å²) in [5.74, 6) is -0.502. The van der Waals surface area contributed by atoms with Crippen molar-refractivity contribution in [3.05, 3.63) is 12.2 Å². The van der Waals surface area contributed by atoms with Gasteiger partial charge in [-0.2, -0.15) is 0 Å². The lowest BCUT2D eigenvalue weighted by molar-refractivity contribution is -0.131. The Kier molecular flexibility index (Phi) is 33.3. The van der Waals surface area contributed by atoms with Crippen molar-refractivity contribution in [2.75, 3.05) is 6.61 Å². The monoisotopic (exact) mass is 610 g/mol. The molecule has 0 heterocycles. The minimum Gasteiger partial charge on any atom is -0.394 e. The smallest absolute Gasteiger partial charge is 0.249 e. The van der Waals surface area contributed by atoms with Gasteiger partial charge < -0.3 is 20.6 Å². The van der Waals surface area contributed by atoms with E-state index in [1.54, 1.807) is 6.08 Å². The number of aliphatic hydroxyl groups is 3. The van der Waals surface area contributed by atoms with Gasteiger partial charge in [-0.25, -0.2) is 0 Å². The van der Waals surface area contributed by atoms with Crippen LogP contribution in [0.1, 0.15) is 200 Å². The zero-order chi connectivity index (χ0) is 31.6. The lowest BCUT2D eigenvalue weighted by Crippen LogP contribution is -2.48. The Morgan fingerprint density at radius 2 is 0.907 bits per heavy atom. The molecule has 3 atom stereocenters. The van der Waals surface area contributed by atoms with Crippen molar-refractivity contribution in [1.29, 1.82) is 0 Å². The van der Waals surface area contributed by atoms with Gasteiger partial charge in [-0.05, 0) is 19.3 Å². The minimum absolute atomic E-state index is 0.360. The molecule has 0 bridgehead atoms. The molecule has 0 fully saturated rings. The van der Waals surface area contributed by atoms with Crippen molar-refractivity contribution in [2.24, 2.45) is 0 Å². The lowest BCUT2D eigenvalue weighted by Gasteiger charge is -2.21. The van der Waals surface area contributed by atoms with Crippen LogP contribution in [0, 0.1) is 0 Å². The maximum atomic E-state index is 12.4. The van der Waals surface area contributed by atoms with E-state index in [9.17, 15) is 20.1 Å². The van der Waals surface area contributed by atoms with Gasteiger partial charge in [0.15, 0.2) is 0 Å². The second kappa shape index (κ2) is 34.0. The van der Waals surface area contributed by atoms with Gasteiger partial charge in [0.2, 0.25) is 5.91 Å². The summed E-state index contributed by atoms with van der Waals surface area (Å²) in [4.78, 5) is 12.4. The van der Waals surface area contributed by atoms with Gasteiger partial charge in [-0.15, -0.1) is 0 Å². The number of hydrogen-bond donors (Lipinski definition) is 4. The number of hydrogen-bond acceptors (Lipinski definition) is 4. The molecule has 0 aliphatic rings. The van der Waals surface area contributed by atoms with E-state index in [2.05, 4.69) is 19.2 Å². The highest BCUT2D eigenvalue weighted by Gasteiger charge is 2.22. The van der Waals surface area contributed by atoms with Crippen LogP contribution >= 0.6 is 0 Å². The molecule has 0 aromatic rings. The van der Waals surface area contributed by atoms with Crippen molar-refractivity contribution in [2.45, 2.75) is 218 Å². The number of carbonyl (C=O) groups is 1. The third-order valence-electron chi connectivity index (χ3n) is 8.88. The van der Waals surface area contributed by atoms with Gasteiger partial charge in [0.25, 0.3) is 0 Å². The molecule has 0 aromatic heterocycles. The Morgan fingerprint density at radius 3 is 1.28 bits per heavy atom. The Hall–Kier alpha value is -0.910. The van der Waals surface area contributed by atoms with Crippen LogP contribution in [-0.4, -0.2) is 46.1 Å². The average Bonchev–Trinajstić information content (AvgIpc) is 3.01. The van der Waals surface area contributed by atoms with Gasteiger partial charge in [-0.1, -0.05) is 193 Å². The molecule has 0 spiro atoms. The predicted octanol–water partition coefficient (Wildman–Crippen LogP) is 10.1. The summed E-state index contributed by atoms with van der Waals surface area (Å²) >= 11 is 0. The summed E-state index contributed by atoms with van der Waals surface area (Å²) in [5.41, 5.74) is 0. The SMILES string of the molecule is CCCCCCCCCCCCC/C=C/C(O)C(CO)NC(=O)C(O)CCCCCCCCCCCCCCCCCC. The summed E-state index contributed by atoms with van der Waals surface area (Å²) in [7, 11) is 0. The first-order chi connectivity index (χ1) is 21.1. The molecule has 43 heavy (non-hydrogen) atoms. The van der Waals surface area contributed by atoms with Gasteiger partial charge in [0.05, 0.1) is 18.8 Å². The van der Waals surface area contributed by atoms with Crippen molar-refractivity contribution in [3.8, 4) is 0 Å². The highest BCUT2D eigenvalue weighted by molar-refractivity contribution is 5.80. The van der Waals surface area contributed by atoms with Crippen molar-refractivity contribution in [1.82, 2.24) is 5.32 Å². The zero-order valence-electron chi connectivity index (χ0n) is 28.8. The third-order valence-corrected chi connectivity index (χ3v) is 8.88. The number of nitrogens with one attached hydrogen (secondary N) is 1. The first-order valence-electron chi connectivity index (χ1n) is 19.0. The van der Waals surface area contributed by atoms with E-state index in [0.29, 0.717) is 6.42 Å². The maximum Gasteiger partial charge on any atom is 0.249 e. The fraction of sp³-hybridized carbons (Fsp3) is 0.921. The molecule has 0 aromatic carbocycles. The van der Waals surface area contributed by atoms with Gasteiger partial charge >= 0.3 is 0 Å². The van der Waals surface area contributed by atoms with Gasteiger partial charge in [0.1, 0.15) is 6.10 Å².